The summed E-state index contributed by atoms with van der Waals surface area (Å²) < 4.78 is 6.33. The van der Waals surface area contributed by atoms with E-state index in [4.69, 9.17) is 9.73 Å². The molecular formula is C24H41N5O. The van der Waals surface area contributed by atoms with Gasteiger partial charge in [-0.05, 0) is 51.2 Å². The van der Waals surface area contributed by atoms with Crippen LogP contribution in [0.1, 0.15) is 70.9 Å². The summed E-state index contributed by atoms with van der Waals surface area (Å²) in [6.45, 7) is 9.94. The second-order valence-electron chi connectivity index (χ2n) is 8.80. The van der Waals surface area contributed by atoms with Crippen molar-refractivity contribution in [1.29, 1.82) is 0 Å². The van der Waals surface area contributed by atoms with Crippen LogP contribution in [0.5, 0.6) is 0 Å². The van der Waals surface area contributed by atoms with Gasteiger partial charge in [0.2, 0.25) is 0 Å². The molecule has 0 aromatic carbocycles. The summed E-state index contributed by atoms with van der Waals surface area (Å²) in [5.41, 5.74) is 1.10. The van der Waals surface area contributed by atoms with Gasteiger partial charge in [-0.2, -0.15) is 0 Å². The fourth-order valence-electron chi connectivity index (χ4n) is 4.56. The Labute approximate surface area is 182 Å². The Bertz CT molecular complexity index is 622. The summed E-state index contributed by atoms with van der Waals surface area (Å²) >= 11 is 0. The van der Waals surface area contributed by atoms with Gasteiger partial charge in [0.15, 0.2) is 5.96 Å². The first-order valence-corrected chi connectivity index (χ1v) is 12.0. The van der Waals surface area contributed by atoms with Crippen LogP contribution < -0.4 is 10.6 Å². The molecule has 0 bridgehead atoms. The van der Waals surface area contributed by atoms with E-state index in [-0.39, 0.29) is 5.60 Å². The zero-order valence-corrected chi connectivity index (χ0v) is 19.0. The maximum atomic E-state index is 6.33. The second kappa shape index (κ2) is 12.3. The molecule has 0 unspecified atom stereocenters. The number of ether oxygens (including phenoxy) is 1. The third-order valence-electron chi connectivity index (χ3n) is 6.29. The highest BCUT2D eigenvalue weighted by molar-refractivity contribution is 5.80. The number of hydrogen-bond acceptors (Lipinski definition) is 4. The molecule has 1 aromatic heterocycles. The van der Waals surface area contributed by atoms with E-state index in [0.29, 0.717) is 6.04 Å². The van der Waals surface area contributed by atoms with Crippen molar-refractivity contribution in [2.24, 2.45) is 4.99 Å². The lowest BCUT2D eigenvalue weighted by Gasteiger charge is -2.36. The van der Waals surface area contributed by atoms with Crippen molar-refractivity contribution in [2.75, 3.05) is 32.8 Å². The third kappa shape index (κ3) is 7.24. The smallest absolute Gasteiger partial charge is 0.191 e. The summed E-state index contributed by atoms with van der Waals surface area (Å²) in [5.74, 6) is 0.950. The fourth-order valence-corrected chi connectivity index (χ4v) is 4.56. The lowest BCUT2D eigenvalue weighted by molar-refractivity contribution is -0.0624. The Morgan fingerprint density at radius 3 is 2.67 bits per heavy atom. The number of likely N-dealkylation sites (tertiary alicyclic amines) is 1. The molecule has 0 radical (unpaired) electrons. The number of pyridine rings is 1. The predicted molar refractivity (Wildman–Crippen MR) is 124 cm³/mol. The highest BCUT2D eigenvalue weighted by Gasteiger charge is 2.33. The maximum absolute atomic E-state index is 6.33. The Kier molecular flexibility index (Phi) is 9.40. The van der Waals surface area contributed by atoms with Gasteiger partial charge in [-0.15, -0.1) is 0 Å². The number of rotatable bonds is 9. The summed E-state index contributed by atoms with van der Waals surface area (Å²) in [7, 11) is 0. The van der Waals surface area contributed by atoms with Crippen molar-refractivity contribution < 1.29 is 4.74 Å². The molecule has 2 aliphatic rings. The number of aromatic nitrogens is 1. The highest BCUT2D eigenvalue weighted by atomic mass is 16.5. The van der Waals surface area contributed by atoms with Gasteiger partial charge < -0.3 is 15.4 Å². The summed E-state index contributed by atoms with van der Waals surface area (Å²) in [4.78, 5) is 12.0. The van der Waals surface area contributed by atoms with Crippen molar-refractivity contribution in [3.05, 3.63) is 30.1 Å². The van der Waals surface area contributed by atoms with Crippen LogP contribution in [0.25, 0.3) is 0 Å². The quantitative estimate of drug-likeness (QED) is 0.475. The van der Waals surface area contributed by atoms with Crippen molar-refractivity contribution in [3.8, 4) is 0 Å². The molecule has 2 heterocycles. The lowest BCUT2D eigenvalue weighted by Crippen LogP contribution is -2.49. The van der Waals surface area contributed by atoms with Crippen LogP contribution in [0.2, 0.25) is 0 Å². The van der Waals surface area contributed by atoms with Gasteiger partial charge in [0.25, 0.3) is 0 Å². The molecule has 1 aromatic rings. The van der Waals surface area contributed by atoms with Gasteiger partial charge in [-0.1, -0.05) is 32.3 Å². The first-order chi connectivity index (χ1) is 14.7. The third-order valence-corrected chi connectivity index (χ3v) is 6.29. The first-order valence-electron chi connectivity index (χ1n) is 12.0. The monoisotopic (exact) mass is 415 g/mol. The fraction of sp³-hybridized carbons (Fsp3) is 0.750. The van der Waals surface area contributed by atoms with Crippen LogP contribution in [0, 0.1) is 0 Å². The Morgan fingerprint density at radius 2 is 2.00 bits per heavy atom. The zero-order chi connectivity index (χ0) is 21.1. The topological polar surface area (TPSA) is 61.8 Å². The number of guanidine groups is 1. The number of hydrogen-bond donors (Lipinski definition) is 2. The molecule has 0 amide bonds. The molecular weight excluding hydrogens is 374 g/mol. The summed E-state index contributed by atoms with van der Waals surface area (Å²) in [6.07, 6.45) is 11.4. The Balaban J connectivity index is 1.51. The van der Waals surface area contributed by atoms with E-state index in [1.807, 2.05) is 12.3 Å². The lowest BCUT2D eigenvalue weighted by atomic mass is 9.84. The average molecular weight is 416 g/mol. The molecule has 168 valence electrons. The van der Waals surface area contributed by atoms with E-state index in [1.165, 1.54) is 19.3 Å². The molecule has 3 rings (SSSR count). The molecule has 0 atom stereocenters. The van der Waals surface area contributed by atoms with E-state index in [9.17, 15) is 0 Å². The molecule has 1 saturated carbocycles. The van der Waals surface area contributed by atoms with Crippen LogP contribution in [-0.4, -0.2) is 60.3 Å². The second-order valence-corrected chi connectivity index (χ2v) is 8.80. The van der Waals surface area contributed by atoms with E-state index in [0.717, 1.165) is 83.1 Å². The molecule has 1 aliphatic carbocycles. The molecule has 6 nitrogen and oxygen atoms in total. The first kappa shape index (κ1) is 23.0. The van der Waals surface area contributed by atoms with Gasteiger partial charge in [0.1, 0.15) is 0 Å². The average Bonchev–Trinajstić information content (AvgIpc) is 2.79. The largest absolute Gasteiger partial charge is 0.373 e. The van der Waals surface area contributed by atoms with Crippen LogP contribution in [0.15, 0.2) is 29.4 Å². The van der Waals surface area contributed by atoms with Crippen LogP contribution >= 0.6 is 0 Å². The maximum Gasteiger partial charge on any atom is 0.191 e. The van der Waals surface area contributed by atoms with E-state index in [2.05, 4.69) is 46.5 Å². The van der Waals surface area contributed by atoms with Gasteiger partial charge in [0.05, 0.1) is 17.8 Å². The minimum atomic E-state index is -0.0529. The number of piperidine rings is 1. The molecule has 1 aliphatic heterocycles. The van der Waals surface area contributed by atoms with Crippen LogP contribution in [0.3, 0.4) is 0 Å². The van der Waals surface area contributed by atoms with Crippen LogP contribution in [-0.2, 0) is 11.3 Å². The van der Waals surface area contributed by atoms with E-state index < -0.39 is 0 Å². The molecule has 2 N–H and O–H groups in total. The predicted octanol–water partition coefficient (Wildman–Crippen LogP) is 3.73. The number of nitrogens with one attached hydrogen (secondary N) is 2. The highest BCUT2D eigenvalue weighted by Crippen LogP contribution is 2.32. The molecule has 0 spiro atoms. The summed E-state index contributed by atoms with van der Waals surface area (Å²) in [6, 6.07) is 6.63. The van der Waals surface area contributed by atoms with Gasteiger partial charge in [0, 0.05) is 45.0 Å². The molecule has 2 fully saturated rings. The van der Waals surface area contributed by atoms with Gasteiger partial charge in [-0.3, -0.25) is 14.9 Å². The summed E-state index contributed by atoms with van der Waals surface area (Å²) in [5, 5.41) is 7.15. The van der Waals surface area contributed by atoms with Crippen molar-refractivity contribution in [1.82, 2.24) is 20.5 Å². The Hall–Kier alpha value is -1.66. The zero-order valence-electron chi connectivity index (χ0n) is 19.0. The van der Waals surface area contributed by atoms with Crippen molar-refractivity contribution >= 4 is 5.96 Å². The molecule has 30 heavy (non-hydrogen) atoms. The van der Waals surface area contributed by atoms with Gasteiger partial charge in [-0.25, -0.2) is 0 Å². The normalized spacial score (nSPS) is 20.8. The van der Waals surface area contributed by atoms with Crippen molar-refractivity contribution in [3.63, 3.8) is 0 Å². The SMILES string of the molecule is CCCOC1(CN=C(NCC)NC2CCN(Cc3ccccn3)CC2)CCCCC1. The number of aliphatic imine (C=N–C) groups is 1. The minimum absolute atomic E-state index is 0.0529. The van der Waals surface area contributed by atoms with E-state index >= 15 is 0 Å². The molecule has 6 heteroatoms. The minimum Gasteiger partial charge on any atom is -0.373 e. The van der Waals surface area contributed by atoms with Crippen molar-refractivity contribution in [2.45, 2.75) is 83.4 Å². The standard InChI is InChI=1S/C24H41N5O/c1-3-18-30-24(13-7-5-8-14-24)20-27-23(25-4-2)28-21-11-16-29(17-12-21)19-22-10-6-9-15-26-22/h6,9-10,15,21H,3-5,7-8,11-14,16-20H2,1-2H3,(H2,25,27,28). The van der Waals surface area contributed by atoms with Gasteiger partial charge >= 0.3 is 0 Å². The van der Waals surface area contributed by atoms with Crippen LogP contribution in [0.4, 0.5) is 0 Å². The van der Waals surface area contributed by atoms with E-state index in [1.54, 1.807) is 0 Å². The molecule has 1 saturated heterocycles. The Morgan fingerprint density at radius 1 is 1.20 bits per heavy atom. The number of nitrogens with zero attached hydrogens (tertiary/aromatic N) is 3.